The van der Waals surface area contributed by atoms with Crippen molar-refractivity contribution < 1.29 is 14.7 Å². The van der Waals surface area contributed by atoms with Crippen molar-refractivity contribution in [2.24, 2.45) is 0 Å². The highest BCUT2D eigenvalue weighted by Crippen LogP contribution is 2.21. The van der Waals surface area contributed by atoms with E-state index in [1.165, 1.54) is 0 Å². The summed E-state index contributed by atoms with van der Waals surface area (Å²) in [6.07, 6.45) is 0. The van der Waals surface area contributed by atoms with Gasteiger partial charge in [-0.05, 0) is 12.1 Å². The lowest BCUT2D eigenvalue weighted by Crippen LogP contribution is -2.20. The summed E-state index contributed by atoms with van der Waals surface area (Å²) in [7, 11) is -2.05. The van der Waals surface area contributed by atoms with Crippen LogP contribution < -0.4 is 4.65 Å². The molecular formula is C9H4BN3O3. The standard InChI is InChI=1S/C9H4BN3O3/c11-3-6-1-8(16-10(14)15)2-7(4-12)9(6)5-13/h1-2,14-15H. The quantitative estimate of drug-likeness (QED) is 0.647. The normalized spacial score (nSPS) is 8.44. The highest BCUT2D eigenvalue weighted by atomic mass is 16.6. The van der Waals surface area contributed by atoms with E-state index in [0.717, 1.165) is 12.1 Å². The van der Waals surface area contributed by atoms with E-state index in [1.807, 2.05) is 0 Å². The molecule has 7 heteroatoms. The molecule has 0 saturated carbocycles. The Morgan fingerprint density at radius 1 is 1.00 bits per heavy atom. The first-order valence-corrected chi connectivity index (χ1v) is 4.03. The average molecular weight is 213 g/mol. The van der Waals surface area contributed by atoms with Crippen LogP contribution in [0.25, 0.3) is 0 Å². The first kappa shape index (κ1) is 11.5. The van der Waals surface area contributed by atoms with E-state index in [-0.39, 0.29) is 22.4 Å². The molecule has 0 aliphatic carbocycles. The van der Waals surface area contributed by atoms with Crippen LogP contribution in [0.5, 0.6) is 5.75 Å². The molecular weight excluding hydrogens is 209 g/mol. The van der Waals surface area contributed by atoms with Gasteiger partial charge in [-0.15, -0.1) is 0 Å². The molecule has 0 bridgehead atoms. The number of benzene rings is 1. The minimum Gasteiger partial charge on any atom is -0.512 e. The maximum Gasteiger partial charge on any atom is 0.707 e. The lowest BCUT2D eigenvalue weighted by Gasteiger charge is -2.06. The Kier molecular flexibility index (Phi) is 3.47. The Morgan fingerprint density at radius 3 is 1.81 bits per heavy atom. The predicted molar refractivity (Wildman–Crippen MR) is 51.4 cm³/mol. The van der Waals surface area contributed by atoms with Gasteiger partial charge in [-0.2, -0.15) is 15.8 Å². The molecule has 0 spiro atoms. The summed E-state index contributed by atoms with van der Waals surface area (Å²) >= 11 is 0. The van der Waals surface area contributed by atoms with Gasteiger partial charge in [0.1, 0.15) is 24.0 Å². The average Bonchev–Trinajstić information content (AvgIpc) is 2.26. The molecule has 76 valence electrons. The first-order valence-electron chi connectivity index (χ1n) is 4.03. The molecule has 1 aromatic carbocycles. The van der Waals surface area contributed by atoms with Crippen LogP contribution in [0.2, 0.25) is 0 Å². The van der Waals surface area contributed by atoms with Crippen LogP contribution in [0.15, 0.2) is 12.1 Å². The van der Waals surface area contributed by atoms with Crippen molar-refractivity contribution in [2.75, 3.05) is 0 Å². The maximum atomic E-state index is 8.74. The highest BCUT2D eigenvalue weighted by molar-refractivity contribution is 6.33. The van der Waals surface area contributed by atoms with E-state index in [9.17, 15) is 0 Å². The topological polar surface area (TPSA) is 121 Å². The molecule has 0 unspecified atom stereocenters. The molecule has 1 rings (SSSR count). The Hall–Kier alpha value is -2.53. The number of hydrogen-bond donors (Lipinski definition) is 2. The molecule has 2 N–H and O–H groups in total. The number of nitriles is 3. The van der Waals surface area contributed by atoms with Crippen LogP contribution in [0.1, 0.15) is 16.7 Å². The van der Waals surface area contributed by atoms with Crippen LogP contribution >= 0.6 is 0 Å². The summed E-state index contributed by atoms with van der Waals surface area (Å²) in [4.78, 5) is 0. The Labute approximate surface area is 91.3 Å². The third-order valence-electron chi connectivity index (χ3n) is 1.71. The number of hydrogen-bond acceptors (Lipinski definition) is 6. The van der Waals surface area contributed by atoms with Crippen molar-refractivity contribution in [3.8, 4) is 24.0 Å². The van der Waals surface area contributed by atoms with Crippen molar-refractivity contribution >= 4 is 7.32 Å². The highest BCUT2D eigenvalue weighted by Gasteiger charge is 2.16. The summed E-state index contributed by atoms with van der Waals surface area (Å²) in [5.74, 6) is -0.0675. The van der Waals surface area contributed by atoms with E-state index in [2.05, 4.69) is 4.65 Å². The van der Waals surface area contributed by atoms with Crippen LogP contribution in [-0.2, 0) is 0 Å². The zero-order valence-electron chi connectivity index (χ0n) is 7.88. The van der Waals surface area contributed by atoms with E-state index in [1.54, 1.807) is 18.2 Å². The van der Waals surface area contributed by atoms with Gasteiger partial charge < -0.3 is 14.7 Å². The van der Waals surface area contributed by atoms with Crippen molar-refractivity contribution in [1.29, 1.82) is 15.8 Å². The smallest absolute Gasteiger partial charge is 0.512 e. The molecule has 0 aliphatic rings. The van der Waals surface area contributed by atoms with Gasteiger partial charge in [-0.25, -0.2) is 0 Å². The van der Waals surface area contributed by atoms with Crippen LogP contribution in [-0.4, -0.2) is 17.4 Å². The fraction of sp³-hybridized carbons (Fsp3) is 0. The summed E-state index contributed by atoms with van der Waals surface area (Å²) in [6, 6.07) is 7.46. The van der Waals surface area contributed by atoms with Crippen LogP contribution in [0.4, 0.5) is 0 Å². The maximum absolute atomic E-state index is 8.74. The second-order valence-corrected chi connectivity index (χ2v) is 2.67. The van der Waals surface area contributed by atoms with Crippen molar-refractivity contribution in [2.45, 2.75) is 0 Å². The van der Waals surface area contributed by atoms with E-state index in [0.29, 0.717) is 0 Å². The molecule has 0 radical (unpaired) electrons. The Bertz CT molecular complexity index is 501. The summed E-state index contributed by atoms with van der Waals surface area (Å²) in [6.45, 7) is 0. The van der Waals surface area contributed by atoms with Gasteiger partial charge in [0.2, 0.25) is 0 Å². The molecule has 0 fully saturated rings. The second kappa shape index (κ2) is 4.81. The Balaban J connectivity index is 3.36. The molecule has 0 amide bonds. The van der Waals surface area contributed by atoms with Crippen LogP contribution in [0.3, 0.4) is 0 Å². The number of nitrogens with zero attached hydrogens (tertiary/aromatic N) is 3. The Morgan fingerprint density at radius 2 is 1.50 bits per heavy atom. The fourth-order valence-corrected chi connectivity index (χ4v) is 1.10. The first-order chi connectivity index (χ1) is 7.62. The zero-order chi connectivity index (χ0) is 12.1. The predicted octanol–water partition coefficient (Wildman–Crippen LogP) is -0.350. The van der Waals surface area contributed by atoms with Gasteiger partial charge in [0.15, 0.2) is 0 Å². The van der Waals surface area contributed by atoms with Crippen molar-refractivity contribution in [3.63, 3.8) is 0 Å². The van der Waals surface area contributed by atoms with Gasteiger partial charge >= 0.3 is 7.32 Å². The molecule has 1 aromatic rings. The third-order valence-corrected chi connectivity index (χ3v) is 1.71. The lowest BCUT2D eigenvalue weighted by atomic mass is 10.0. The third kappa shape index (κ3) is 2.28. The van der Waals surface area contributed by atoms with Gasteiger partial charge in [0, 0.05) is 0 Å². The molecule has 16 heavy (non-hydrogen) atoms. The molecule has 6 nitrogen and oxygen atoms in total. The van der Waals surface area contributed by atoms with Gasteiger partial charge in [0.05, 0.1) is 16.7 Å². The molecule has 0 atom stereocenters. The van der Waals surface area contributed by atoms with Gasteiger partial charge in [-0.1, -0.05) is 0 Å². The molecule has 0 heterocycles. The summed E-state index contributed by atoms with van der Waals surface area (Å²) in [5.41, 5.74) is -0.181. The zero-order valence-corrected chi connectivity index (χ0v) is 7.88. The molecule has 0 saturated heterocycles. The number of rotatable bonds is 2. The van der Waals surface area contributed by atoms with E-state index >= 15 is 0 Å². The lowest BCUT2D eigenvalue weighted by molar-refractivity contribution is 0.288. The monoisotopic (exact) mass is 213 g/mol. The van der Waals surface area contributed by atoms with E-state index < -0.39 is 7.32 Å². The second-order valence-electron chi connectivity index (χ2n) is 2.67. The summed E-state index contributed by atoms with van der Waals surface area (Å²) < 4.78 is 4.50. The fourth-order valence-electron chi connectivity index (χ4n) is 1.10. The van der Waals surface area contributed by atoms with Crippen molar-refractivity contribution in [3.05, 3.63) is 28.8 Å². The van der Waals surface area contributed by atoms with Gasteiger partial charge in [0.25, 0.3) is 0 Å². The minimum absolute atomic E-state index is 0.0581. The SMILES string of the molecule is N#Cc1cc(OB(O)O)cc(C#N)c1C#N. The van der Waals surface area contributed by atoms with Crippen LogP contribution in [0, 0.1) is 34.0 Å². The summed E-state index contributed by atoms with van der Waals surface area (Å²) in [5, 5.41) is 43.3. The van der Waals surface area contributed by atoms with Gasteiger partial charge in [-0.3, -0.25) is 0 Å². The van der Waals surface area contributed by atoms with Crippen molar-refractivity contribution in [1.82, 2.24) is 0 Å². The largest absolute Gasteiger partial charge is 0.707 e. The molecule has 0 aliphatic heterocycles. The minimum atomic E-state index is -2.05. The van der Waals surface area contributed by atoms with E-state index in [4.69, 9.17) is 25.8 Å². The molecule has 0 aromatic heterocycles.